The van der Waals surface area contributed by atoms with Gasteiger partial charge in [-0.25, -0.2) is 4.79 Å². The SMILES string of the molecule is COc1ccccc1CCNC(=O)N(c1ccccc1)c1ccc(N)cc1. The lowest BCUT2D eigenvalue weighted by Crippen LogP contribution is -2.37. The van der Waals surface area contributed by atoms with Crippen molar-refractivity contribution in [2.45, 2.75) is 6.42 Å². The zero-order valence-corrected chi connectivity index (χ0v) is 15.3. The molecule has 0 heterocycles. The number of methoxy groups -OCH3 is 1. The van der Waals surface area contributed by atoms with Crippen LogP contribution in [0.2, 0.25) is 0 Å². The van der Waals surface area contributed by atoms with E-state index >= 15 is 0 Å². The van der Waals surface area contributed by atoms with E-state index in [-0.39, 0.29) is 6.03 Å². The van der Waals surface area contributed by atoms with Crippen LogP contribution in [0.1, 0.15) is 5.56 Å². The van der Waals surface area contributed by atoms with E-state index in [2.05, 4.69) is 5.32 Å². The Morgan fingerprint density at radius 3 is 2.26 bits per heavy atom. The Kier molecular flexibility index (Phi) is 5.94. The van der Waals surface area contributed by atoms with Gasteiger partial charge in [-0.05, 0) is 54.4 Å². The fourth-order valence-corrected chi connectivity index (χ4v) is 2.88. The maximum Gasteiger partial charge on any atom is 0.326 e. The molecule has 3 aromatic carbocycles. The lowest BCUT2D eigenvalue weighted by atomic mass is 10.1. The molecule has 0 spiro atoms. The molecule has 2 amide bonds. The number of benzene rings is 3. The highest BCUT2D eigenvalue weighted by Gasteiger charge is 2.17. The Balaban J connectivity index is 1.74. The Hall–Kier alpha value is -3.47. The third-order valence-corrected chi connectivity index (χ3v) is 4.23. The van der Waals surface area contributed by atoms with Crippen molar-refractivity contribution in [2.24, 2.45) is 0 Å². The monoisotopic (exact) mass is 361 g/mol. The summed E-state index contributed by atoms with van der Waals surface area (Å²) < 4.78 is 5.37. The van der Waals surface area contributed by atoms with Crippen LogP contribution in [0.4, 0.5) is 21.9 Å². The van der Waals surface area contributed by atoms with Crippen molar-refractivity contribution >= 4 is 23.1 Å². The van der Waals surface area contributed by atoms with Crippen molar-refractivity contribution in [1.29, 1.82) is 0 Å². The number of nitrogen functional groups attached to an aromatic ring is 1. The topological polar surface area (TPSA) is 67.6 Å². The Labute approximate surface area is 159 Å². The van der Waals surface area contributed by atoms with Gasteiger partial charge >= 0.3 is 6.03 Å². The normalized spacial score (nSPS) is 10.3. The van der Waals surface area contributed by atoms with Crippen molar-refractivity contribution in [2.75, 3.05) is 24.3 Å². The van der Waals surface area contributed by atoms with Gasteiger partial charge < -0.3 is 15.8 Å². The number of ether oxygens (including phenoxy) is 1. The molecule has 0 radical (unpaired) electrons. The first-order valence-electron chi connectivity index (χ1n) is 8.79. The van der Waals surface area contributed by atoms with Crippen LogP contribution in [0, 0.1) is 0 Å². The number of hydrogen-bond donors (Lipinski definition) is 2. The molecule has 0 aliphatic rings. The molecule has 0 atom stereocenters. The van der Waals surface area contributed by atoms with Crippen molar-refractivity contribution in [1.82, 2.24) is 5.32 Å². The summed E-state index contributed by atoms with van der Waals surface area (Å²) in [5.41, 5.74) is 9.04. The molecule has 138 valence electrons. The van der Waals surface area contributed by atoms with Crippen molar-refractivity contribution in [3.8, 4) is 5.75 Å². The molecule has 3 aromatic rings. The third kappa shape index (κ3) is 4.58. The van der Waals surface area contributed by atoms with Gasteiger partial charge in [0.2, 0.25) is 0 Å². The number of carbonyl (C=O) groups excluding carboxylic acids is 1. The molecule has 0 fully saturated rings. The van der Waals surface area contributed by atoms with Gasteiger partial charge in [0.05, 0.1) is 18.5 Å². The molecule has 0 saturated heterocycles. The predicted octanol–water partition coefficient (Wildman–Crippen LogP) is 4.37. The highest BCUT2D eigenvalue weighted by molar-refractivity contribution is 5.99. The maximum atomic E-state index is 12.9. The van der Waals surface area contributed by atoms with Crippen LogP contribution in [-0.2, 0) is 6.42 Å². The first kappa shape index (κ1) is 18.3. The average Bonchev–Trinajstić information content (AvgIpc) is 2.71. The minimum absolute atomic E-state index is 0.194. The summed E-state index contributed by atoms with van der Waals surface area (Å²) in [5, 5.41) is 2.99. The second-order valence-corrected chi connectivity index (χ2v) is 6.06. The summed E-state index contributed by atoms with van der Waals surface area (Å²) in [6.45, 7) is 0.498. The summed E-state index contributed by atoms with van der Waals surface area (Å²) in [4.78, 5) is 14.6. The van der Waals surface area contributed by atoms with Gasteiger partial charge in [-0.3, -0.25) is 4.90 Å². The van der Waals surface area contributed by atoms with E-state index in [1.165, 1.54) is 0 Å². The van der Waals surface area contributed by atoms with E-state index in [9.17, 15) is 4.79 Å². The van der Waals surface area contributed by atoms with Crippen LogP contribution < -0.4 is 20.7 Å². The van der Waals surface area contributed by atoms with Crippen molar-refractivity contribution < 1.29 is 9.53 Å². The van der Waals surface area contributed by atoms with Gasteiger partial charge in [-0.1, -0.05) is 36.4 Å². The van der Waals surface area contributed by atoms with Crippen LogP contribution in [0.25, 0.3) is 0 Å². The van der Waals surface area contributed by atoms with E-state index in [0.717, 1.165) is 22.7 Å². The number of amides is 2. The highest BCUT2D eigenvalue weighted by Crippen LogP contribution is 2.26. The van der Waals surface area contributed by atoms with Crippen molar-refractivity contribution in [3.05, 3.63) is 84.4 Å². The summed E-state index contributed by atoms with van der Waals surface area (Å²) in [6.07, 6.45) is 0.681. The lowest BCUT2D eigenvalue weighted by molar-refractivity contribution is 0.248. The number of nitrogens with one attached hydrogen (secondary N) is 1. The van der Waals surface area contributed by atoms with E-state index in [0.29, 0.717) is 18.7 Å². The number of carbonyl (C=O) groups is 1. The van der Waals surface area contributed by atoms with Gasteiger partial charge in [0.15, 0.2) is 0 Å². The summed E-state index contributed by atoms with van der Waals surface area (Å²) in [7, 11) is 1.65. The number of hydrogen-bond acceptors (Lipinski definition) is 3. The smallest absolute Gasteiger partial charge is 0.326 e. The van der Waals surface area contributed by atoms with Gasteiger partial charge in [-0.2, -0.15) is 0 Å². The molecule has 0 aliphatic heterocycles. The summed E-state index contributed by atoms with van der Waals surface area (Å²) in [6, 6.07) is 24.4. The van der Waals surface area contributed by atoms with Crippen LogP contribution in [0.5, 0.6) is 5.75 Å². The largest absolute Gasteiger partial charge is 0.496 e. The van der Waals surface area contributed by atoms with E-state index in [1.807, 2.05) is 66.7 Å². The van der Waals surface area contributed by atoms with Crippen LogP contribution in [0.15, 0.2) is 78.9 Å². The third-order valence-electron chi connectivity index (χ3n) is 4.23. The Morgan fingerprint density at radius 1 is 0.926 bits per heavy atom. The zero-order valence-electron chi connectivity index (χ0n) is 15.3. The molecule has 5 heteroatoms. The fraction of sp³-hybridized carbons (Fsp3) is 0.136. The van der Waals surface area contributed by atoms with Crippen LogP contribution >= 0.6 is 0 Å². The first-order valence-corrected chi connectivity index (χ1v) is 8.79. The lowest BCUT2D eigenvalue weighted by Gasteiger charge is -2.23. The van der Waals surface area contributed by atoms with E-state index < -0.39 is 0 Å². The van der Waals surface area contributed by atoms with Gasteiger partial charge in [0.1, 0.15) is 5.75 Å². The minimum atomic E-state index is -0.194. The number of anilines is 3. The number of nitrogens with zero attached hydrogens (tertiary/aromatic N) is 1. The number of nitrogens with two attached hydrogens (primary N) is 1. The zero-order chi connectivity index (χ0) is 19.1. The van der Waals surface area contributed by atoms with Gasteiger partial charge in [-0.15, -0.1) is 0 Å². The first-order chi connectivity index (χ1) is 13.2. The Bertz CT molecular complexity index is 880. The van der Waals surface area contributed by atoms with E-state index in [4.69, 9.17) is 10.5 Å². The molecular formula is C22H23N3O2. The van der Waals surface area contributed by atoms with Gasteiger partial charge in [0, 0.05) is 12.2 Å². The highest BCUT2D eigenvalue weighted by atomic mass is 16.5. The summed E-state index contributed by atoms with van der Waals surface area (Å²) >= 11 is 0. The standard InChI is InChI=1S/C22H23N3O2/c1-27-21-10-6-5-7-17(21)15-16-24-22(26)25(19-8-3-2-4-9-19)20-13-11-18(23)12-14-20/h2-14H,15-16,23H2,1H3,(H,24,26). The minimum Gasteiger partial charge on any atom is -0.496 e. The molecule has 0 bridgehead atoms. The molecule has 3 N–H and O–H groups in total. The van der Waals surface area contributed by atoms with Crippen LogP contribution in [-0.4, -0.2) is 19.7 Å². The second-order valence-electron chi connectivity index (χ2n) is 6.06. The summed E-state index contributed by atoms with van der Waals surface area (Å²) in [5.74, 6) is 0.824. The Morgan fingerprint density at radius 2 is 1.56 bits per heavy atom. The quantitative estimate of drug-likeness (QED) is 0.641. The number of para-hydroxylation sites is 2. The fourth-order valence-electron chi connectivity index (χ4n) is 2.88. The van der Waals surface area contributed by atoms with Gasteiger partial charge in [0.25, 0.3) is 0 Å². The average molecular weight is 361 g/mol. The predicted molar refractivity (Wildman–Crippen MR) is 110 cm³/mol. The molecule has 0 aliphatic carbocycles. The number of rotatable bonds is 6. The molecule has 3 rings (SSSR count). The maximum absolute atomic E-state index is 12.9. The molecular weight excluding hydrogens is 338 g/mol. The second kappa shape index (κ2) is 8.76. The van der Waals surface area contributed by atoms with Crippen LogP contribution in [0.3, 0.4) is 0 Å². The van der Waals surface area contributed by atoms with Crippen molar-refractivity contribution in [3.63, 3.8) is 0 Å². The van der Waals surface area contributed by atoms with E-state index in [1.54, 1.807) is 24.1 Å². The molecule has 5 nitrogen and oxygen atoms in total. The molecule has 27 heavy (non-hydrogen) atoms. The number of urea groups is 1. The molecule has 0 unspecified atom stereocenters. The molecule has 0 saturated carbocycles. The molecule has 0 aromatic heterocycles.